The van der Waals surface area contributed by atoms with Crippen LogP contribution in [0.5, 0.6) is 0 Å². The second kappa shape index (κ2) is 5.92. The van der Waals surface area contributed by atoms with Gasteiger partial charge in [0, 0.05) is 25.5 Å². The van der Waals surface area contributed by atoms with Crippen molar-refractivity contribution in [3.05, 3.63) is 30.1 Å². The molecule has 1 heterocycles. The molecule has 7 heteroatoms. The summed E-state index contributed by atoms with van der Waals surface area (Å²) in [6, 6.07) is 3.45. The summed E-state index contributed by atoms with van der Waals surface area (Å²) in [5.41, 5.74) is 0.723. The molecular weight excluding hydrogens is 256 g/mol. The lowest BCUT2D eigenvalue weighted by Crippen LogP contribution is -2.35. The van der Waals surface area contributed by atoms with E-state index in [-0.39, 0.29) is 13.1 Å². The molecule has 0 amide bonds. The molecule has 6 nitrogen and oxygen atoms in total. The third-order valence-electron chi connectivity index (χ3n) is 2.45. The molecule has 0 spiro atoms. The van der Waals surface area contributed by atoms with Crippen molar-refractivity contribution in [1.29, 1.82) is 0 Å². The molecular formula is C11H16N2O4S. The highest BCUT2D eigenvalue weighted by Gasteiger charge is 2.23. The molecule has 0 radical (unpaired) electrons. The number of carbonyl (C=O) groups is 1. The van der Waals surface area contributed by atoms with Gasteiger partial charge in [-0.05, 0) is 11.6 Å². The number of carboxylic acids is 1. The van der Waals surface area contributed by atoms with Gasteiger partial charge in [0.05, 0.1) is 12.2 Å². The Labute approximate surface area is 106 Å². The molecule has 0 aliphatic carbocycles. The van der Waals surface area contributed by atoms with E-state index < -0.39 is 21.9 Å². The van der Waals surface area contributed by atoms with Gasteiger partial charge in [-0.15, -0.1) is 0 Å². The topological polar surface area (TPSA) is 87.6 Å². The Kier molecular flexibility index (Phi) is 4.80. The van der Waals surface area contributed by atoms with E-state index in [4.69, 9.17) is 5.11 Å². The van der Waals surface area contributed by atoms with Crippen LogP contribution in [-0.4, -0.2) is 41.6 Å². The third kappa shape index (κ3) is 4.42. The number of sulfonamides is 1. The first-order valence-electron chi connectivity index (χ1n) is 5.37. The van der Waals surface area contributed by atoms with Crippen molar-refractivity contribution in [2.24, 2.45) is 5.92 Å². The lowest BCUT2D eigenvalue weighted by atomic mass is 10.2. The number of hydrogen-bond donors (Lipinski definition) is 1. The van der Waals surface area contributed by atoms with Gasteiger partial charge in [-0.1, -0.05) is 13.0 Å². The molecule has 1 aromatic rings. The second-order valence-corrected chi connectivity index (χ2v) is 6.14. The van der Waals surface area contributed by atoms with E-state index >= 15 is 0 Å². The molecule has 1 unspecified atom stereocenters. The molecule has 0 fully saturated rings. The first kappa shape index (κ1) is 14.6. The molecule has 18 heavy (non-hydrogen) atoms. The lowest BCUT2D eigenvalue weighted by Gasteiger charge is -2.21. The van der Waals surface area contributed by atoms with Crippen molar-refractivity contribution in [2.45, 2.75) is 13.5 Å². The maximum atomic E-state index is 11.6. The van der Waals surface area contributed by atoms with Crippen molar-refractivity contribution >= 4 is 16.0 Å². The molecule has 1 rings (SSSR count). The number of aromatic nitrogens is 1. The van der Waals surface area contributed by atoms with Gasteiger partial charge in [-0.25, -0.2) is 8.42 Å². The van der Waals surface area contributed by atoms with Crippen molar-refractivity contribution < 1.29 is 18.3 Å². The van der Waals surface area contributed by atoms with Crippen LogP contribution in [0.15, 0.2) is 24.5 Å². The Hall–Kier alpha value is -1.47. The van der Waals surface area contributed by atoms with Crippen LogP contribution in [-0.2, 0) is 21.4 Å². The van der Waals surface area contributed by atoms with Gasteiger partial charge in [-0.3, -0.25) is 9.78 Å². The summed E-state index contributed by atoms with van der Waals surface area (Å²) in [6.45, 7) is 1.55. The lowest BCUT2D eigenvalue weighted by molar-refractivity contribution is -0.141. The average Bonchev–Trinajstić information content (AvgIpc) is 2.28. The van der Waals surface area contributed by atoms with Crippen LogP contribution in [0.2, 0.25) is 0 Å². The molecule has 1 N–H and O–H groups in total. The Morgan fingerprint density at radius 1 is 1.56 bits per heavy atom. The Bertz CT molecular complexity index is 501. The van der Waals surface area contributed by atoms with Gasteiger partial charge in [0.1, 0.15) is 0 Å². The highest BCUT2D eigenvalue weighted by Crippen LogP contribution is 2.10. The molecule has 100 valence electrons. The third-order valence-corrected chi connectivity index (χ3v) is 3.67. The van der Waals surface area contributed by atoms with E-state index in [1.807, 2.05) is 0 Å². The number of carboxylic acid groups (broad SMARTS) is 1. The van der Waals surface area contributed by atoms with Gasteiger partial charge in [0.15, 0.2) is 0 Å². The van der Waals surface area contributed by atoms with E-state index in [0.717, 1.165) is 16.1 Å². The minimum absolute atomic E-state index is 0.0525. The van der Waals surface area contributed by atoms with Crippen LogP contribution in [0.3, 0.4) is 0 Å². The number of nitrogens with zero attached hydrogens (tertiary/aromatic N) is 2. The fraction of sp³-hybridized carbons (Fsp3) is 0.455. The summed E-state index contributed by atoms with van der Waals surface area (Å²) in [7, 11) is -3.45. The number of hydrogen-bond acceptors (Lipinski definition) is 4. The maximum Gasteiger partial charge on any atom is 0.307 e. The summed E-state index contributed by atoms with van der Waals surface area (Å²) in [5, 5.41) is 8.83. The first-order chi connectivity index (χ1) is 8.30. The normalized spacial score (nSPS) is 13.5. The monoisotopic (exact) mass is 272 g/mol. The average molecular weight is 272 g/mol. The van der Waals surface area contributed by atoms with Crippen LogP contribution < -0.4 is 0 Å². The molecule has 0 aromatic carbocycles. The standard InChI is InChI=1S/C11H16N2O4S/c1-9(11(14)15)7-13(18(2,16)17)8-10-4-3-5-12-6-10/h3-6,9H,7-8H2,1-2H3,(H,14,15). The molecule has 1 atom stereocenters. The second-order valence-electron chi connectivity index (χ2n) is 4.16. The first-order valence-corrected chi connectivity index (χ1v) is 7.22. The smallest absolute Gasteiger partial charge is 0.307 e. The van der Waals surface area contributed by atoms with Gasteiger partial charge >= 0.3 is 5.97 Å². The minimum Gasteiger partial charge on any atom is -0.481 e. The van der Waals surface area contributed by atoms with Gasteiger partial charge in [-0.2, -0.15) is 4.31 Å². The predicted octanol–water partition coefficient (Wildman–Crippen LogP) is 0.564. The van der Waals surface area contributed by atoms with Crippen LogP contribution in [0.25, 0.3) is 0 Å². The van der Waals surface area contributed by atoms with Gasteiger partial charge in [0.25, 0.3) is 0 Å². The summed E-state index contributed by atoms with van der Waals surface area (Å²) in [4.78, 5) is 14.7. The van der Waals surface area contributed by atoms with Crippen molar-refractivity contribution in [1.82, 2.24) is 9.29 Å². The Morgan fingerprint density at radius 3 is 2.67 bits per heavy atom. The largest absolute Gasteiger partial charge is 0.481 e. The Balaban J connectivity index is 2.84. The zero-order valence-corrected chi connectivity index (χ0v) is 11.1. The molecule has 0 bridgehead atoms. The number of pyridine rings is 1. The molecule has 1 aromatic heterocycles. The fourth-order valence-corrected chi connectivity index (χ4v) is 2.27. The van der Waals surface area contributed by atoms with Gasteiger partial charge < -0.3 is 5.11 Å². The van der Waals surface area contributed by atoms with Crippen LogP contribution in [0.4, 0.5) is 0 Å². The van der Waals surface area contributed by atoms with Gasteiger partial charge in [0.2, 0.25) is 10.0 Å². The molecule has 0 saturated carbocycles. The Morgan fingerprint density at radius 2 is 2.22 bits per heavy atom. The van der Waals surface area contributed by atoms with Crippen LogP contribution in [0.1, 0.15) is 12.5 Å². The molecule has 0 aliphatic rings. The summed E-state index contributed by atoms with van der Waals surface area (Å²) >= 11 is 0. The van der Waals surface area contributed by atoms with E-state index in [1.165, 1.54) is 6.92 Å². The quantitative estimate of drug-likeness (QED) is 0.817. The maximum absolute atomic E-state index is 11.6. The van der Waals surface area contributed by atoms with E-state index in [1.54, 1.807) is 24.5 Å². The highest BCUT2D eigenvalue weighted by molar-refractivity contribution is 7.88. The minimum atomic E-state index is -3.45. The van der Waals surface area contributed by atoms with Crippen molar-refractivity contribution in [2.75, 3.05) is 12.8 Å². The zero-order chi connectivity index (χ0) is 13.8. The van der Waals surface area contributed by atoms with Crippen LogP contribution >= 0.6 is 0 Å². The van der Waals surface area contributed by atoms with Crippen LogP contribution in [0, 0.1) is 5.92 Å². The number of rotatable bonds is 6. The van der Waals surface area contributed by atoms with Crippen molar-refractivity contribution in [3.8, 4) is 0 Å². The summed E-state index contributed by atoms with van der Waals surface area (Å²) < 4.78 is 24.4. The van der Waals surface area contributed by atoms with Crippen molar-refractivity contribution in [3.63, 3.8) is 0 Å². The SMILES string of the molecule is CC(CN(Cc1cccnc1)S(C)(=O)=O)C(=O)O. The molecule has 0 saturated heterocycles. The van der Waals surface area contributed by atoms with E-state index in [9.17, 15) is 13.2 Å². The summed E-state index contributed by atoms with van der Waals surface area (Å²) in [6.07, 6.45) is 4.22. The predicted molar refractivity (Wildman–Crippen MR) is 66.3 cm³/mol. The highest BCUT2D eigenvalue weighted by atomic mass is 32.2. The molecule has 0 aliphatic heterocycles. The van der Waals surface area contributed by atoms with E-state index in [0.29, 0.717) is 0 Å². The fourth-order valence-electron chi connectivity index (χ4n) is 1.40. The summed E-state index contributed by atoms with van der Waals surface area (Å²) in [5.74, 6) is -1.77. The zero-order valence-electron chi connectivity index (χ0n) is 10.3. The number of aliphatic carboxylic acids is 1. The van der Waals surface area contributed by atoms with E-state index in [2.05, 4.69) is 4.98 Å².